The first-order valence-corrected chi connectivity index (χ1v) is 22.6. The fourth-order valence-corrected chi connectivity index (χ4v) is 21.2. The van der Waals surface area contributed by atoms with Crippen molar-refractivity contribution in [1.29, 1.82) is 0 Å². The smallest absolute Gasteiger partial charge is 0.274 e. The molecule has 0 amide bonds. The van der Waals surface area contributed by atoms with Gasteiger partial charge < -0.3 is 7.74 Å². The van der Waals surface area contributed by atoms with Gasteiger partial charge in [-0.05, 0) is 36.3 Å². The van der Waals surface area contributed by atoms with E-state index in [1.807, 2.05) is 0 Å². The molecule has 0 aliphatic rings. The van der Waals surface area contributed by atoms with Gasteiger partial charge in [0, 0.05) is 0 Å². The minimum atomic E-state index is -4.25. The maximum atomic E-state index is 13.2. The first kappa shape index (κ1) is 35.3. The fraction of sp³-hybridized carbons (Fsp3) is 1.00. The molecule has 0 aromatic heterocycles. The van der Waals surface area contributed by atoms with Crippen molar-refractivity contribution in [2.45, 2.75) is 155 Å². The lowest BCUT2D eigenvalue weighted by Crippen LogP contribution is -2.44. The summed E-state index contributed by atoms with van der Waals surface area (Å²) >= 11 is 0. The lowest BCUT2D eigenvalue weighted by Gasteiger charge is -2.32. The average Bonchev–Trinajstić information content (AvgIpc) is 2.79. The highest BCUT2D eigenvalue weighted by molar-refractivity contribution is 8.04. The molecule has 0 saturated heterocycles. The highest BCUT2D eigenvalue weighted by Crippen LogP contribution is 2.34. The van der Waals surface area contributed by atoms with E-state index in [1.54, 1.807) is 0 Å². The Morgan fingerprint density at radius 3 is 0.800 bits per heavy atom. The van der Waals surface area contributed by atoms with Crippen LogP contribution < -0.4 is 0 Å². The van der Waals surface area contributed by atoms with Crippen molar-refractivity contribution >= 4 is 36.9 Å². The van der Waals surface area contributed by atoms with Crippen LogP contribution in [0.4, 0.5) is 0 Å². The van der Waals surface area contributed by atoms with Gasteiger partial charge in [-0.25, -0.2) is 0 Å². The van der Waals surface area contributed by atoms with E-state index in [0.29, 0.717) is 0 Å². The Morgan fingerprint density at radius 1 is 0.429 bits per heavy atom. The summed E-state index contributed by atoms with van der Waals surface area (Å²) in [6.07, 6.45) is 11.3. The highest BCUT2D eigenvalue weighted by Gasteiger charge is 2.43. The van der Waals surface area contributed by atoms with Gasteiger partial charge in [0.05, 0.1) is 0 Å². The molecular weight excluding hydrogens is 517 g/mol. The van der Waals surface area contributed by atoms with Crippen LogP contribution in [-0.4, -0.2) is 38.6 Å². The average molecular weight is 573 g/mol. The fourth-order valence-electron chi connectivity index (χ4n) is 4.76. The monoisotopic (exact) mass is 572 g/mol. The summed E-state index contributed by atoms with van der Waals surface area (Å²) in [5.74, 6) is 0. The van der Waals surface area contributed by atoms with E-state index in [0.717, 1.165) is 113 Å². The van der Waals surface area contributed by atoms with Gasteiger partial charge in [0.15, 0.2) is 0 Å². The van der Waals surface area contributed by atoms with Gasteiger partial charge in [0.1, 0.15) is 0 Å². The van der Waals surface area contributed by atoms with Crippen molar-refractivity contribution in [3.63, 3.8) is 0 Å². The van der Waals surface area contributed by atoms with Crippen LogP contribution >= 0.6 is 0 Å². The molecule has 35 heavy (non-hydrogen) atoms. The Labute approximate surface area is 220 Å². The predicted molar refractivity (Wildman–Crippen MR) is 155 cm³/mol. The third kappa shape index (κ3) is 15.3. The van der Waals surface area contributed by atoms with Gasteiger partial charge in [0.2, 0.25) is 21.7 Å². The Bertz CT molecular complexity index is 636. The van der Waals surface area contributed by atoms with Crippen LogP contribution in [0.15, 0.2) is 0 Å². The zero-order valence-electron chi connectivity index (χ0n) is 23.7. The Balaban J connectivity index is 5.89. The maximum Gasteiger partial charge on any atom is 0.274 e. The van der Waals surface area contributed by atoms with E-state index >= 15 is 0 Å². The zero-order valence-corrected chi connectivity index (χ0v) is 27.3. The molecule has 0 aromatic carbocycles. The van der Waals surface area contributed by atoms with Gasteiger partial charge in [-0.1, -0.05) is 119 Å². The molecule has 0 spiro atoms. The van der Waals surface area contributed by atoms with Crippen molar-refractivity contribution in [2.24, 2.45) is 0 Å². The molecule has 0 radical (unpaired) electrons. The van der Waals surface area contributed by atoms with E-state index in [9.17, 15) is 16.8 Å². The summed E-state index contributed by atoms with van der Waals surface area (Å²) in [6.45, 7) is 12.6. The van der Waals surface area contributed by atoms with Gasteiger partial charge in [-0.3, -0.25) is 0 Å². The minimum Gasteiger partial charge on any atom is -0.314 e. The number of rotatable bonds is 24. The molecule has 0 N–H and O–H groups in total. The van der Waals surface area contributed by atoms with Gasteiger partial charge in [0.25, 0.3) is 20.2 Å². The molecule has 0 aliphatic carbocycles. The molecular formula is C25H56O6S2Si2. The standard InChI is InChI=1S/C25H56O6S2Si2/c1-7-13-19-34(20-14-8-2,21-15-9-3)30-32(26,27)25-33(28,29)31-35(22-16-10-4,23-17-11-5)24-18-12-6/h7-25H2,1-6H3. The van der Waals surface area contributed by atoms with Crippen LogP contribution in [0.3, 0.4) is 0 Å². The van der Waals surface area contributed by atoms with E-state index in [-0.39, 0.29) is 0 Å². The summed E-state index contributed by atoms with van der Waals surface area (Å²) < 4.78 is 65.0. The number of hydrogen-bond donors (Lipinski definition) is 0. The third-order valence-electron chi connectivity index (χ3n) is 6.81. The van der Waals surface area contributed by atoms with Crippen LogP contribution in [0.5, 0.6) is 0 Å². The molecule has 0 atom stereocenters. The maximum absolute atomic E-state index is 13.2. The second-order valence-corrected chi connectivity index (χ2v) is 22.6. The summed E-state index contributed by atoms with van der Waals surface area (Å²) in [5, 5.41) is -1.04. The summed E-state index contributed by atoms with van der Waals surface area (Å²) in [5.41, 5.74) is 0. The van der Waals surface area contributed by atoms with Gasteiger partial charge in [-0.15, -0.1) is 0 Å². The molecule has 10 heteroatoms. The van der Waals surface area contributed by atoms with Crippen molar-refractivity contribution < 1.29 is 24.6 Å². The Hall–Kier alpha value is 0.254. The van der Waals surface area contributed by atoms with E-state index in [4.69, 9.17) is 7.74 Å². The van der Waals surface area contributed by atoms with E-state index < -0.39 is 42.0 Å². The first-order chi connectivity index (χ1) is 16.5. The SMILES string of the molecule is CCCC[Si](CCCC)(CCCC)OS(=O)(=O)CS(=O)(=O)O[Si](CCCC)(CCCC)CCCC. The van der Waals surface area contributed by atoms with Gasteiger partial charge in [-0.2, -0.15) is 16.8 Å². The molecule has 0 unspecified atom stereocenters. The zero-order chi connectivity index (χ0) is 26.8. The summed E-state index contributed by atoms with van der Waals surface area (Å²) in [4.78, 5) is 0. The van der Waals surface area contributed by atoms with Crippen LogP contribution in [-0.2, 0) is 28.0 Å². The lowest BCUT2D eigenvalue weighted by molar-refractivity contribution is 0.455. The number of hydrogen-bond acceptors (Lipinski definition) is 6. The van der Waals surface area contributed by atoms with Crippen molar-refractivity contribution in [2.75, 3.05) is 5.08 Å². The van der Waals surface area contributed by atoms with E-state index in [1.165, 1.54) is 0 Å². The predicted octanol–water partition coefficient (Wildman–Crippen LogP) is 8.33. The van der Waals surface area contributed by atoms with Gasteiger partial charge >= 0.3 is 0 Å². The van der Waals surface area contributed by atoms with Crippen molar-refractivity contribution in [3.8, 4) is 0 Å². The highest BCUT2D eigenvalue weighted by atomic mass is 32.3. The molecule has 0 heterocycles. The Kier molecular flexibility index (Phi) is 18.6. The molecule has 0 aliphatic heterocycles. The molecule has 0 fully saturated rings. The van der Waals surface area contributed by atoms with Crippen LogP contribution in [0.2, 0.25) is 36.3 Å². The van der Waals surface area contributed by atoms with E-state index in [2.05, 4.69) is 41.5 Å². The second kappa shape index (κ2) is 18.5. The normalized spacial score (nSPS) is 13.4. The topological polar surface area (TPSA) is 86.7 Å². The third-order valence-corrected chi connectivity index (χ3v) is 21.6. The lowest BCUT2D eigenvalue weighted by atomic mass is 10.4. The van der Waals surface area contributed by atoms with Crippen LogP contribution in [0, 0.1) is 0 Å². The second-order valence-electron chi connectivity index (χ2n) is 10.4. The molecule has 0 saturated carbocycles. The summed E-state index contributed by atoms with van der Waals surface area (Å²) in [7, 11) is -13.7. The molecule has 0 rings (SSSR count). The molecule has 6 nitrogen and oxygen atoms in total. The van der Waals surface area contributed by atoms with Crippen molar-refractivity contribution in [1.82, 2.24) is 0 Å². The van der Waals surface area contributed by atoms with Crippen LogP contribution in [0.1, 0.15) is 119 Å². The molecule has 0 aromatic rings. The van der Waals surface area contributed by atoms with Crippen molar-refractivity contribution in [3.05, 3.63) is 0 Å². The number of unbranched alkanes of at least 4 members (excludes halogenated alkanes) is 6. The molecule has 0 bridgehead atoms. The molecule has 212 valence electrons. The Morgan fingerprint density at radius 2 is 0.629 bits per heavy atom. The quantitative estimate of drug-likeness (QED) is 0.108. The summed E-state index contributed by atoms with van der Waals surface area (Å²) in [6, 6.07) is 4.62. The minimum absolute atomic E-state index is 0.770. The largest absolute Gasteiger partial charge is 0.314 e. The van der Waals surface area contributed by atoms with Crippen LogP contribution in [0.25, 0.3) is 0 Å². The first-order valence-electron chi connectivity index (χ1n) is 14.3.